The zero-order chi connectivity index (χ0) is 17.4. The minimum absolute atomic E-state index is 0.134. The summed E-state index contributed by atoms with van der Waals surface area (Å²) in [5.41, 5.74) is 1.14. The van der Waals surface area contributed by atoms with Gasteiger partial charge in [-0.1, -0.05) is 42.5 Å². The number of rotatable bonds is 6. The van der Waals surface area contributed by atoms with Gasteiger partial charge in [0, 0.05) is 6.54 Å². The second-order valence-electron chi connectivity index (χ2n) is 4.90. The van der Waals surface area contributed by atoms with Gasteiger partial charge in [-0.05, 0) is 23.3 Å². The molecule has 0 aliphatic heterocycles. The summed E-state index contributed by atoms with van der Waals surface area (Å²) in [6.07, 6.45) is 2.89. The third kappa shape index (κ3) is 4.95. The van der Waals surface area contributed by atoms with Crippen molar-refractivity contribution in [1.29, 1.82) is 0 Å². The molecule has 124 valence electrons. The number of carbonyl (C=O) groups is 2. The van der Waals surface area contributed by atoms with Crippen LogP contribution in [0.25, 0.3) is 6.08 Å². The van der Waals surface area contributed by atoms with E-state index < -0.39 is 17.7 Å². The zero-order valence-corrected chi connectivity index (χ0v) is 12.7. The summed E-state index contributed by atoms with van der Waals surface area (Å²) >= 11 is 0. The molecule has 0 unspecified atom stereocenters. The quantitative estimate of drug-likeness (QED) is 0.798. The molecule has 0 spiro atoms. The smallest absolute Gasteiger partial charge is 0.407 e. The van der Waals surface area contributed by atoms with Gasteiger partial charge in [0.05, 0.1) is 5.56 Å². The average molecular weight is 329 g/mol. The standard InChI is InChI=1S/C18H16FNO4/c19-16-10-14(9-15(11-21)17(16)22)7-4-8-20-18(23)24-12-13-5-2-1-3-6-13/h1-7,9-11,22H,8,12H2,(H,20,23). The fraction of sp³-hybridized carbons (Fsp3) is 0.111. The molecule has 5 nitrogen and oxygen atoms in total. The number of aldehydes is 1. The Bertz CT molecular complexity index is 744. The maximum absolute atomic E-state index is 13.4. The largest absolute Gasteiger partial charge is 0.504 e. The van der Waals surface area contributed by atoms with Gasteiger partial charge < -0.3 is 15.2 Å². The molecule has 2 aromatic carbocycles. The van der Waals surface area contributed by atoms with Gasteiger partial charge in [0.2, 0.25) is 0 Å². The number of hydrogen-bond acceptors (Lipinski definition) is 4. The van der Waals surface area contributed by atoms with Crippen LogP contribution >= 0.6 is 0 Å². The molecule has 0 aliphatic carbocycles. The van der Waals surface area contributed by atoms with Crippen LogP contribution in [0.3, 0.4) is 0 Å². The number of halogens is 1. The van der Waals surface area contributed by atoms with Crippen molar-refractivity contribution in [3.63, 3.8) is 0 Å². The summed E-state index contributed by atoms with van der Waals surface area (Å²) in [4.78, 5) is 22.2. The van der Waals surface area contributed by atoms with Crippen molar-refractivity contribution < 1.29 is 23.8 Å². The molecule has 1 amide bonds. The fourth-order valence-electron chi connectivity index (χ4n) is 1.94. The molecule has 0 saturated carbocycles. The van der Waals surface area contributed by atoms with Gasteiger partial charge in [-0.2, -0.15) is 0 Å². The number of phenolic OH excluding ortho intramolecular Hbond substituents is 1. The van der Waals surface area contributed by atoms with Gasteiger partial charge in [0.15, 0.2) is 17.9 Å². The lowest BCUT2D eigenvalue weighted by Gasteiger charge is -2.05. The molecular weight excluding hydrogens is 313 g/mol. The van der Waals surface area contributed by atoms with E-state index in [0.29, 0.717) is 11.8 Å². The normalized spacial score (nSPS) is 10.5. The maximum Gasteiger partial charge on any atom is 0.407 e. The van der Waals surface area contributed by atoms with Gasteiger partial charge >= 0.3 is 6.09 Å². The highest BCUT2D eigenvalue weighted by Crippen LogP contribution is 2.22. The Morgan fingerprint density at radius 3 is 2.71 bits per heavy atom. The van der Waals surface area contributed by atoms with Crippen LogP contribution in [0.5, 0.6) is 5.75 Å². The zero-order valence-electron chi connectivity index (χ0n) is 12.7. The van der Waals surface area contributed by atoms with Crippen molar-refractivity contribution in [2.24, 2.45) is 0 Å². The second kappa shape index (κ2) is 8.47. The van der Waals surface area contributed by atoms with E-state index in [2.05, 4.69) is 5.32 Å². The molecule has 0 saturated heterocycles. The summed E-state index contributed by atoms with van der Waals surface area (Å²) in [5, 5.41) is 11.8. The maximum atomic E-state index is 13.4. The van der Waals surface area contributed by atoms with E-state index in [0.717, 1.165) is 11.6 Å². The van der Waals surface area contributed by atoms with E-state index in [-0.39, 0.29) is 18.7 Å². The summed E-state index contributed by atoms with van der Waals surface area (Å²) < 4.78 is 18.4. The number of carbonyl (C=O) groups excluding carboxylic acids is 2. The summed E-state index contributed by atoms with van der Waals surface area (Å²) in [5.74, 6) is -1.56. The first-order chi connectivity index (χ1) is 11.6. The van der Waals surface area contributed by atoms with Gasteiger partial charge in [0.25, 0.3) is 0 Å². The number of alkyl carbamates (subject to hydrolysis) is 1. The number of nitrogens with one attached hydrogen (secondary N) is 1. The molecule has 0 fully saturated rings. The predicted octanol–water partition coefficient (Wildman–Crippen LogP) is 3.28. The molecule has 6 heteroatoms. The van der Waals surface area contributed by atoms with E-state index in [1.165, 1.54) is 12.1 Å². The lowest BCUT2D eigenvalue weighted by molar-refractivity contribution is 0.112. The molecule has 0 radical (unpaired) electrons. The predicted molar refractivity (Wildman–Crippen MR) is 87.1 cm³/mol. The van der Waals surface area contributed by atoms with Crippen LogP contribution < -0.4 is 5.32 Å². The van der Waals surface area contributed by atoms with Crippen LogP contribution in [-0.2, 0) is 11.3 Å². The van der Waals surface area contributed by atoms with Gasteiger partial charge in [-0.25, -0.2) is 9.18 Å². The van der Waals surface area contributed by atoms with E-state index in [9.17, 15) is 19.1 Å². The SMILES string of the molecule is O=Cc1cc(C=CCNC(=O)OCc2ccccc2)cc(F)c1O. The molecule has 2 rings (SSSR count). The summed E-state index contributed by atoms with van der Waals surface area (Å²) in [7, 11) is 0. The minimum Gasteiger partial charge on any atom is -0.504 e. The summed E-state index contributed by atoms with van der Waals surface area (Å²) in [6, 6.07) is 11.7. The highest BCUT2D eigenvalue weighted by Gasteiger charge is 2.07. The second-order valence-corrected chi connectivity index (χ2v) is 4.90. The van der Waals surface area contributed by atoms with Gasteiger partial charge in [0.1, 0.15) is 6.61 Å². The molecule has 24 heavy (non-hydrogen) atoms. The number of phenols is 1. The lowest BCUT2D eigenvalue weighted by atomic mass is 10.1. The molecule has 2 aromatic rings. The fourth-order valence-corrected chi connectivity index (χ4v) is 1.94. The molecule has 0 atom stereocenters. The van der Waals surface area contributed by atoms with Crippen LogP contribution in [0.15, 0.2) is 48.5 Å². The third-order valence-electron chi connectivity index (χ3n) is 3.13. The lowest BCUT2D eigenvalue weighted by Crippen LogP contribution is -2.24. The number of aromatic hydroxyl groups is 1. The Kier molecular flexibility index (Phi) is 6.08. The molecule has 0 aliphatic rings. The Hall–Kier alpha value is -3.15. The summed E-state index contributed by atoms with van der Waals surface area (Å²) in [6.45, 7) is 0.342. The topological polar surface area (TPSA) is 75.6 Å². The van der Waals surface area contributed by atoms with Crippen molar-refractivity contribution in [1.82, 2.24) is 5.32 Å². The van der Waals surface area contributed by atoms with Crippen molar-refractivity contribution >= 4 is 18.5 Å². The number of amides is 1. The monoisotopic (exact) mass is 329 g/mol. The highest BCUT2D eigenvalue weighted by molar-refractivity contribution is 5.80. The van der Waals surface area contributed by atoms with Crippen molar-refractivity contribution in [3.8, 4) is 5.75 Å². The molecule has 2 N–H and O–H groups in total. The van der Waals surface area contributed by atoms with Crippen LogP contribution in [0.1, 0.15) is 21.5 Å². The van der Waals surface area contributed by atoms with Crippen molar-refractivity contribution in [3.05, 3.63) is 71.0 Å². The van der Waals surface area contributed by atoms with Gasteiger partial charge in [-0.3, -0.25) is 4.79 Å². The first-order valence-electron chi connectivity index (χ1n) is 7.19. The first kappa shape index (κ1) is 17.2. The van der Waals surface area contributed by atoms with E-state index >= 15 is 0 Å². The van der Waals surface area contributed by atoms with Crippen LogP contribution in [0, 0.1) is 5.82 Å². The van der Waals surface area contributed by atoms with Crippen LogP contribution in [-0.4, -0.2) is 24.0 Å². The first-order valence-corrected chi connectivity index (χ1v) is 7.19. The molecule has 0 heterocycles. The Labute approximate surface area is 138 Å². The Balaban J connectivity index is 1.81. The van der Waals surface area contributed by atoms with E-state index in [4.69, 9.17) is 4.74 Å². The number of ether oxygens (including phenoxy) is 1. The average Bonchev–Trinajstić information content (AvgIpc) is 2.60. The van der Waals surface area contributed by atoms with Crippen LogP contribution in [0.4, 0.5) is 9.18 Å². The van der Waals surface area contributed by atoms with E-state index in [1.54, 1.807) is 6.08 Å². The molecule has 0 aromatic heterocycles. The number of benzene rings is 2. The van der Waals surface area contributed by atoms with Crippen molar-refractivity contribution in [2.45, 2.75) is 6.61 Å². The number of hydrogen-bond donors (Lipinski definition) is 2. The molecular formula is C18H16FNO4. The molecule has 0 bridgehead atoms. The third-order valence-corrected chi connectivity index (χ3v) is 3.13. The Morgan fingerprint density at radius 2 is 2.00 bits per heavy atom. The highest BCUT2D eigenvalue weighted by atomic mass is 19.1. The minimum atomic E-state index is -0.880. The Morgan fingerprint density at radius 1 is 1.25 bits per heavy atom. The van der Waals surface area contributed by atoms with Crippen molar-refractivity contribution in [2.75, 3.05) is 6.54 Å². The van der Waals surface area contributed by atoms with Crippen LogP contribution in [0.2, 0.25) is 0 Å². The van der Waals surface area contributed by atoms with E-state index in [1.807, 2.05) is 30.3 Å². The van der Waals surface area contributed by atoms with Gasteiger partial charge in [-0.15, -0.1) is 0 Å².